The smallest absolute Gasteiger partial charge is 0.356 e. The molecular formula is C25H26N2O5. The molecule has 0 bridgehead atoms. The van der Waals surface area contributed by atoms with Gasteiger partial charge >= 0.3 is 5.97 Å². The molecule has 1 heterocycles. The molecule has 0 radical (unpaired) electrons. The van der Waals surface area contributed by atoms with Crippen LogP contribution in [0, 0.1) is 20.8 Å². The number of aromatic amines is 1. The van der Waals surface area contributed by atoms with E-state index in [9.17, 15) is 14.4 Å². The van der Waals surface area contributed by atoms with E-state index < -0.39 is 18.0 Å². The minimum atomic E-state index is -1.21. The number of nitrogens with one attached hydrogen (secondary N) is 2. The second-order valence-corrected chi connectivity index (χ2v) is 7.57. The molecule has 2 N–H and O–H groups in total. The van der Waals surface area contributed by atoms with Gasteiger partial charge in [0.25, 0.3) is 5.91 Å². The lowest BCUT2D eigenvalue weighted by Gasteiger charge is -2.19. The number of anilines is 1. The third kappa shape index (κ3) is 4.72. The average molecular weight is 434 g/mol. The zero-order chi connectivity index (χ0) is 23.4. The normalized spacial score (nSPS) is 11.5. The Morgan fingerprint density at radius 2 is 1.69 bits per heavy atom. The fourth-order valence-electron chi connectivity index (χ4n) is 3.67. The number of carbonyl (C=O) groups excluding carboxylic acids is 3. The van der Waals surface area contributed by atoms with Crippen molar-refractivity contribution < 1.29 is 23.9 Å². The van der Waals surface area contributed by atoms with Gasteiger partial charge in [0.1, 0.15) is 11.4 Å². The van der Waals surface area contributed by atoms with E-state index in [4.69, 9.17) is 9.47 Å². The van der Waals surface area contributed by atoms with Crippen LogP contribution in [0.15, 0.2) is 48.5 Å². The molecule has 3 aromatic rings. The van der Waals surface area contributed by atoms with E-state index in [1.165, 1.54) is 14.0 Å². The lowest BCUT2D eigenvalue weighted by atomic mass is 10.1. The Kier molecular flexibility index (Phi) is 6.78. The number of Topliss-reactive ketones (excluding diaryl/α,β-unsaturated/α-hetero) is 1. The van der Waals surface area contributed by atoms with Gasteiger partial charge in [-0.25, -0.2) is 4.79 Å². The summed E-state index contributed by atoms with van der Waals surface area (Å²) in [6.45, 7) is 6.72. The Hall–Kier alpha value is -3.87. The molecule has 0 aliphatic rings. The molecule has 7 nitrogen and oxygen atoms in total. The number of hydrogen-bond acceptors (Lipinski definition) is 5. The maximum atomic E-state index is 13.2. The topological polar surface area (TPSA) is 97.5 Å². The minimum absolute atomic E-state index is 0.148. The summed E-state index contributed by atoms with van der Waals surface area (Å²) in [6, 6.07) is 14.1. The van der Waals surface area contributed by atoms with Crippen molar-refractivity contribution in [1.29, 1.82) is 0 Å². The second kappa shape index (κ2) is 9.51. The highest BCUT2D eigenvalue weighted by Gasteiger charge is 2.29. The molecule has 2 aromatic carbocycles. The fourth-order valence-corrected chi connectivity index (χ4v) is 3.67. The van der Waals surface area contributed by atoms with E-state index in [-0.39, 0.29) is 11.5 Å². The molecule has 0 aliphatic heterocycles. The van der Waals surface area contributed by atoms with E-state index in [1.807, 2.05) is 19.1 Å². The molecule has 166 valence electrons. The van der Waals surface area contributed by atoms with Crippen LogP contribution in [-0.2, 0) is 9.53 Å². The minimum Gasteiger partial charge on any atom is -0.495 e. The molecule has 1 aromatic heterocycles. The van der Waals surface area contributed by atoms with Crippen LogP contribution >= 0.6 is 0 Å². The number of aryl methyl sites for hydroxylation is 2. The second-order valence-electron chi connectivity index (χ2n) is 7.57. The van der Waals surface area contributed by atoms with Crippen LogP contribution in [0.25, 0.3) is 0 Å². The lowest BCUT2D eigenvalue weighted by molar-refractivity contribution is -0.125. The SMILES string of the molecule is COc1ccc(C)cc1NC(=O)C(OC(=O)c1[nH]c(C)c(C(C)=O)c1C)c1ccccc1. The van der Waals surface area contributed by atoms with Gasteiger partial charge in [-0.05, 0) is 51.0 Å². The van der Waals surface area contributed by atoms with Crippen LogP contribution in [0.2, 0.25) is 0 Å². The van der Waals surface area contributed by atoms with Gasteiger partial charge in [0.05, 0.1) is 12.8 Å². The van der Waals surface area contributed by atoms with Gasteiger partial charge in [-0.2, -0.15) is 0 Å². The van der Waals surface area contributed by atoms with Crippen LogP contribution < -0.4 is 10.1 Å². The summed E-state index contributed by atoms with van der Waals surface area (Å²) >= 11 is 0. The zero-order valence-corrected chi connectivity index (χ0v) is 18.7. The van der Waals surface area contributed by atoms with Gasteiger partial charge in [0.15, 0.2) is 5.78 Å². The molecule has 1 atom stereocenters. The molecule has 0 fully saturated rings. The maximum Gasteiger partial charge on any atom is 0.356 e. The van der Waals surface area contributed by atoms with E-state index in [0.29, 0.717) is 33.8 Å². The van der Waals surface area contributed by atoms with E-state index >= 15 is 0 Å². The van der Waals surface area contributed by atoms with Crippen LogP contribution in [0.4, 0.5) is 5.69 Å². The quantitative estimate of drug-likeness (QED) is 0.415. The summed E-state index contributed by atoms with van der Waals surface area (Å²) in [4.78, 5) is 41.1. The number of rotatable bonds is 7. The highest BCUT2D eigenvalue weighted by molar-refractivity contribution is 6.02. The maximum absolute atomic E-state index is 13.2. The van der Waals surface area contributed by atoms with Gasteiger partial charge in [-0.15, -0.1) is 0 Å². The Balaban J connectivity index is 1.93. The third-order valence-corrected chi connectivity index (χ3v) is 5.17. The van der Waals surface area contributed by atoms with Gasteiger partial charge in [0.2, 0.25) is 6.10 Å². The first-order valence-corrected chi connectivity index (χ1v) is 10.1. The number of hydrogen-bond donors (Lipinski definition) is 2. The van der Waals surface area contributed by atoms with Crippen molar-refractivity contribution in [3.63, 3.8) is 0 Å². The van der Waals surface area contributed by atoms with Crippen LogP contribution in [-0.4, -0.2) is 29.8 Å². The van der Waals surface area contributed by atoms with Gasteiger partial charge in [-0.1, -0.05) is 36.4 Å². The molecule has 0 spiro atoms. The Bertz CT molecular complexity index is 1160. The number of H-pyrrole nitrogens is 1. The molecule has 0 aliphatic carbocycles. The van der Waals surface area contributed by atoms with Crippen molar-refractivity contribution in [3.05, 3.63) is 82.2 Å². The lowest BCUT2D eigenvalue weighted by Crippen LogP contribution is -2.26. The Labute approximate surface area is 186 Å². The number of aromatic nitrogens is 1. The zero-order valence-electron chi connectivity index (χ0n) is 18.7. The summed E-state index contributed by atoms with van der Waals surface area (Å²) in [6.07, 6.45) is -1.21. The number of ether oxygens (including phenoxy) is 2. The van der Waals surface area contributed by atoms with E-state index in [2.05, 4.69) is 10.3 Å². The van der Waals surface area contributed by atoms with Crippen molar-refractivity contribution in [2.75, 3.05) is 12.4 Å². The summed E-state index contributed by atoms with van der Waals surface area (Å²) < 4.78 is 11.0. The van der Waals surface area contributed by atoms with E-state index in [1.54, 1.807) is 50.2 Å². The van der Waals surface area contributed by atoms with Crippen LogP contribution in [0.5, 0.6) is 5.75 Å². The molecule has 32 heavy (non-hydrogen) atoms. The summed E-state index contributed by atoms with van der Waals surface area (Å²) in [5.41, 5.74) is 3.58. The molecule has 7 heteroatoms. The molecule has 0 saturated carbocycles. The molecule has 1 amide bonds. The predicted molar refractivity (Wildman–Crippen MR) is 121 cm³/mol. The number of benzene rings is 2. The van der Waals surface area contributed by atoms with Gasteiger partial charge in [0, 0.05) is 16.8 Å². The summed E-state index contributed by atoms with van der Waals surface area (Å²) in [7, 11) is 1.51. The molecule has 0 saturated heterocycles. The summed E-state index contributed by atoms with van der Waals surface area (Å²) in [5, 5.41) is 2.80. The van der Waals surface area contributed by atoms with Crippen molar-refractivity contribution in [2.24, 2.45) is 0 Å². The number of esters is 1. The predicted octanol–water partition coefficient (Wildman–Crippen LogP) is 4.69. The van der Waals surface area contributed by atoms with E-state index in [0.717, 1.165) is 5.56 Å². The number of amides is 1. The van der Waals surface area contributed by atoms with Gasteiger partial charge in [-0.3, -0.25) is 9.59 Å². The van der Waals surface area contributed by atoms with Crippen molar-refractivity contribution in [3.8, 4) is 5.75 Å². The summed E-state index contributed by atoms with van der Waals surface area (Å²) in [5.74, 6) is -0.914. The van der Waals surface area contributed by atoms with Crippen molar-refractivity contribution >= 4 is 23.3 Å². The highest BCUT2D eigenvalue weighted by atomic mass is 16.5. The Morgan fingerprint density at radius 3 is 2.28 bits per heavy atom. The van der Waals surface area contributed by atoms with Crippen molar-refractivity contribution in [1.82, 2.24) is 4.98 Å². The van der Waals surface area contributed by atoms with Crippen LogP contribution in [0.1, 0.15) is 56.3 Å². The first-order valence-electron chi connectivity index (χ1n) is 10.1. The molecule has 1 unspecified atom stereocenters. The number of ketones is 1. The average Bonchev–Trinajstić information content (AvgIpc) is 3.06. The number of methoxy groups -OCH3 is 1. The first-order chi connectivity index (χ1) is 15.2. The molecule has 3 rings (SSSR count). The fraction of sp³-hybridized carbons (Fsp3) is 0.240. The third-order valence-electron chi connectivity index (χ3n) is 5.17. The van der Waals surface area contributed by atoms with Crippen molar-refractivity contribution in [2.45, 2.75) is 33.8 Å². The van der Waals surface area contributed by atoms with Crippen LogP contribution in [0.3, 0.4) is 0 Å². The number of carbonyl (C=O) groups is 3. The Morgan fingerprint density at radius 1 is 1.00 bits per heavy atom. The highest BCUT2D eigenvalue weighted by Crippen LogP contribution is 2.29. The monoisotopic (exact) mass is 434 g/mol. The first kappa shape index (κ1) is 22.8. The molecular weight excluding hydrogens is 408 g/mol. The van der Waals surface area contributed by atoms with Gasteiger partial charge < -0.3 is 19.8 Å². The largest absolute Gasteiger partial charge is 0.495 e. The standard InChI is InChI=1S/C25H26N2O5/c1-14-11-12-20(31-5)19(13-14)27-24(29)23(18-9-7-6-8-10-18)32-25(30)22-15(2)21(17(4)28)16(3)26-22/h6-13,23,26H,1-5H3,(H,27,29).